The minimum Gasteiger partial charge on any atom is -0.381 e. The average Bonchev–Trinajstić information content (AvgIpc) is 2.58. The van der Waals surface area contributed by atoms with Crippen LogP contribution in [0, 0.1) is 5.41 Å². The third kappa shape index (κ3) is 3.87. The molecule has 2 heterocycles. The van der Waals surface area contributed by atoms with Crippen LogP contribution in [-0.4, -0.2) is 47.1 Å². The first-order chi connectivity index (χ1) is 11.0. The number of para-hydroxylation sites is 1. The Morgan fingerprint density at radius 3 is 2.48 bits per heavy atom. The van der Waals surface area contributed by atoms with Gasteiger partial charge >= 0.3 is 0 Å². The molecule has 2 aliphatic rings. The number of ether oxygens (including phenoxy) is 2. The third-order valence-electron chi connectivity index (χ3n) is 5.11. The van der Waals surface area contributed by atoms with E-state index in [4.69, 9.17) is 9.47 Å². The number of nitrogens with zero attached hydrogens (tertiary/aromatic N) is 1. The smallest absolute Gasteiger partial charge is 0.237 e. The largest absolute Gasteiger partial charge is 0.381 e. The highest BCUT2D eigenvalue weighted by atomic mass is 32.2. The van der Waals surface area contributed by atoms with Gasteiger partial charge in [-0.2, -0.15) is 0 Å². The summed E-state index contributed by atoms with van der Waals surface area (Å²) in [5.41, 5.74) is 0.897. The molecule has 2 fully saturated rings. The zero-order chi connectivity index (χ0) is 16.3. The van der Waals surface area contributed by atoms with Gasteiger partial charge in [0.1, 0.15) is 0 Å². The summed E-state index contributed by atoms with van der Waals surface area (Å²) in [5.74, 6) is 0.0466. The number of sulfonamides is 1. The Balaban J connectivity index is 1.59. The molecule has 1 unspecified atom stereocenters. The summed E-state index contributed by atoms with van der Waals surface area (Å²) in [6.45, 7) is 2.25. The van der Waals surface area contributed by atoms with Crippen LogP contribution in [0.2, 0.25) is 0 Å². The van der Waals surface area contributed by atoms with Crippen LogP contribution in [0.25, 0.3) is 0 Å². The molecule has 0 bridgehead atoms. The van der Waals surface area contributed by atoms with Gasteiger partial charge in [0.2, 0.25) is 10.0 Å². The fourth-order valence-electron chi connectivity index (χ4n) is 3.39. The van der Waals surface area contributed by atoms with E-state index in [1.54, 1.807) is 19.2 Å². The fraction of sp³-hybridized carbons (Fsp3) is 0.647. The van der Waals surface area contributed by atoms with Crippen LogP contribution in [0.15, 0.2) is 30.3 Å². The van der Waals surface area contributed by atoms with Gasteiger partial charge in [-0.25, -0.2) is 8.42 Å². The number of hydrogen-bond donors (Lipinski definition) is 0. The molecular weight excluding hydrogens is 314 g/mol. The Hall–Kier alpha value is -1.11. The van der Waals surface area contributed by atoms with E-state index < -0.39 is 10.0 Å². The molecule has 1 aromatic rings. The van der Waals surface area contributed by atoms with E-state index in [0.717, 1.165) is 38.9 Å². The lowest BCUT2D eigenvalue weighted by molar-refractivity contribution is -0.0983. The summed E-state index contributed by atoms with van der Waals surface area (Å²) in [7, 11) is -1.77. The molecule has 1 spiro atoms. The quantitative estimate of drug-likeness (QED) is 0.845. The molecule has 128 valence electrons. The molecular formula is C17H25NO4S. The van der Waals surface area contributed by atoms with Crippen LogP contribution in [0.3, 0.4) is 0 Å². The van der Waals surface area contributed by atoms with Gasteiger partial charge in [0.05, 0.1) is 24.2 Å². The first-order valence-corrected chi connectivity index (χ1v) is 9.83. The van der Waals surface area contributed by atoms with Crippen LogP contribution in [-0.2, 0) is 19.5 Å². The van der Waals surface area contributed by atoms with Crippen LogP contribution < -0.4 is 4.31 Å². The monoisotopic (exact) mass is 339 g/mol. The summed E-state index contributed by atoms with van der Waals surface area (Å²) in [5, 5.41) is 0. The van der Waals surface area contributed by atoms with Crippen LogP contribution >= 0.6 is 0 Å². The second-order valence-corrected chi connectivity index (χ2v) is 8.71. The number of hydrogen-bond acceptors (Lipinski definition) is 4. The number of rotatable bonds is 4. The van der Waals surface area contributed by atoms with Gasteiger partial charge in [0, 0.05) is 20.3 Å². The normalized spacial score (nSPS) is 24.5. The molecule has 0 radical (unpaired) electrons. The Labute approximate surface area is 138 Å². The highest BCUT2D eigenvalue weighted by Gasteiger charge is 2.39. The SMILES string of the molecule is CN(c1ccccc1)S(=O)(=O)CC1CCC2(CCOCC2)CO1. The van der Waals surface area contributed by atoms with Gasteiger partial charge in [-0.05, 0) is 43.2 Å². The fourth-order valence-corrected chi connectivity index (χ4v) is 4.79. The highest BCUT2D eigenvalue weighted by molar-refractivity contribution is 7.92. The number of anilines is 1. The molecule has 5 nitrogen and oxygen atoms in total. The lowest BCUT2D eigenvalue weighted by Gasteiger charge is -2.42. The van der Waals surface area contributed by atoms with Crippen molar-refractivity contribution in [1.29, 1.82) is 0 Å². The lowest BCUT2D eigenvalue weighted by Crippen LogP contribution is -2.43. The van der Waals surface area contributed by atoms with Crippen molar-refractivity contribution in [3.05, 3.63) is 30.3 Å². The van der Waals surface area contributed by atoms with E-state index in [9.17, 15) is 8.42 Å². The Kier molecular flexibility index (Phi) is 4.94. The van der Waals surface area contributed by atoms with Crippen molar-refractivity contribution < 1.29 is 17.9 Å². The van der Waals surface area contributed by atoms with E-state index in [1.807, 2.05) is 18.2 Å². The second kappa shape index (κ2) is 6.79. The molecule has 0 amide bonds. The maximum atomic E-state index is 12.6. The van der Waals surface area contributed by atoms with Crippen molar-refractivity contribution in [2.45, 2.75) is 31.8 Å². The van der Waals surface area contributed by atoms with Crippen molar-refractivity contribution in [1.82, 2.24) is 0 Å². The summed E-state index contributed by atoms with van der Waals surface area (Å²) < 4.78 is 37.9. The highest BCUT2D eigenvalue weighted by Crippen LogP contribution is 2.40. The van der Waals surface area contributed by atoms with Crippen LogP contribution in [0.4, 0.5) is 5.69 Å². The van der Waals surface area contributed by atoms with Crippen molar-refractivity contribution in [2.75, 3.05) is 36.9 Å². The predicted molar refractivity (Wildman–Crippen MR) is 90.1 cm³/mol. The van der Waals surface area contributed by atoms with Crippen molar-refractivity contribution in [3.8, 4) is 0 Å². The van der Waals surface area contributed by atoms with Gasteiger partial charge in [-0.3, -0.25) is 4.31 Å². The summed E-state index contributed by atoms with van der Waals surface area (Å²) in [6.07, 6.45) is 3.68. The van der Waals surface area contributed by atoms with E-state index in [-0.39, 0.29) is 17.3 Å². The predicted octanol–water partition coefficient (Wildman–Crippen LogP) is 2.43. The van der Waals surface area contributed by atoms with E-state index >= 15 is 0 Å². The zero-order valence-corrected chi connectivity index (χ0v) is 14.4. The van der Waals surface area contributed by atoms with Gasteiger partial charge in [-0.15, -0.1) is 0 Å². The maximum Gasteiger partial charge on any atom is 0.237 e. The topological polar surface area (TPSA) is 55.8 Å². The molecule has 0 aromatic heterocycles. The number of benzene rings is 1. The summed E-state index contributed by atoms with van der Waals surface area (Å²) in [4.78, 5) is 0. The summed E-state index contributed by atoms with van der Waals surface area (Å²) in [6, 6.07) is 9.16. The summed E-state index contributed by atoms with van der Waals surface area (Å²) >= 11 is 0. The second-order valence-electron chi connectivity index (χ2n) is 6.67. The molecule has 1 aromatic carbocycles. The molecule has 0 N–H and O–H groups in total. The molecule has 1 atom stereocenters. The molecule has 3 rings (SSSR count). The van der Waals surface area contributed by atoms with E-state index in [0.29, 0.717) is 12.3 Å². The Morgan fingerprint density at radius 2 is 1.87 bits per heavy atom. The standard InChI is InChI=1S/C17H25NO4S/c1-18(15-5-3-2-4-6-15)23(19,20)13-16-7-8-17(14-22-16)9-11-21-12-10-17/h2-6,16H,7-14H2,1H3. The van der Waals surface area contributed by atoms with Gasteiger partial charge in [-0.1, -0.05) is 18.2 Å². The minimum absolute atomic E-state index is 0.0466. The van der Waals surface area contributed by atoms with Crippen molar-refractivity contribution in [2.24, 2.45) is 5.41 Å². The molecule has 0 aliphatic carbocycles. The first kappa shape index (κ1) is 16.7. The molecule has 6 heteroatoms. The molecule has 23 heavy (non-hydrogen) atoms. The van der Waals surface area contributed by atoms with Gasteiger partial charge in [0.15, 0.2) is 0 Å². The lowest BCUT2D eigenvalue weighted by atomic mass is 9.75. The van der Waals surface area contributed by atoms with Gasteiger partial charge < -0.3 is 9.47 Å². The van der Waals surface area contributed by atoms with E-state index in [1.165, 1.54) is 4.31 Å². The maximum absolute atomic E-state index is 12.6. The molecule has 2 saturated heterocycles. The first-order valence-electron chi connectivity index (χ1n) is 8.22. The Morgan fingerprint density at radius 1 is 1.17 bits per heavy atom. The molecule has 0 saturated carbocycles. The van der Waals surface area contributed by atoms with Crippen LogP contribution in [0.5, 0.6) is 0 Å². The van der Waals surface area contributed by atoms with Crippen molar-refractivity contribution >= 4 is 15.7 Å². The molecule has 2 aliphatic heterocycles. The van der Waals surface area contributed by atoms with Crippen molar-refractivity contribution in [3.63, 3.8) is 0 Å². The van der Waals surface area contributed by atoms with E-state index in [2.05, 4.69) is 0 Å². The zero-order valence-electron chi connectivity index (χ0n) is 13.6. The van der Waals surface area contributed by atoms with Gasteiger partial charge in [0.25, 0.3) is 0 Å². The minimum atomic E-state index is -3.37. The Bertz CT molecular complexity index is 601. The average molecular weight is 339 g/mol. The third-order valence-corrected chi connectivity index (χ3v) is 6.95. The van der Waals surface area contributed by atoms with Crippen LogP contribution in [0.1, 0.15) is 25.7 Å².